The monoisotopic (exact) mass is 353 g/mol. The van der Waals surface area contributed by atoms with E-state index in [4.69, 9.17) is 0 Å². The van der Waals surface area contributed by atoms with E-state index in [-0.39, 0.29) is 5.91 Å². The van der Waals surface area contributed by atoms with E-state index in [9.17, 15) is 4.79 Å². The predicted octanol–water partition coefficient (Wildman–Crippen LogP) is 3.98. The molecule has 6 heteroatoms. The molecule has 0 atom stereocenters. The summed E-state index contributed by atoms with van der Waals surface area (Å²) in [6.45, 7) is 5.67. The average molecular weight is 354 g/mol. The Morgan fingerprint density at radius 3 is 2.35 bits per heavy atom. The van der Waals surface area contributed by atoms with Gasteiger partial charge in [0.2, 0.25) is 11.0 Å². The number of carbonyl (C=O) groups is 1. The number of rotatable bonds is 2. The molecular formula is C14H16BrN3OS. The summed E-state index contributed by atoms with van der Waals surface area (Å²) < 4.78 is 1.02. The van der Waals surface area contributed by atoms with Crippen LogP contribution in [0, 0.1) is 5.41 Å². The predicted molar refractivity (Wildman–Crippen MR) is 85.9 cm³/mol. The van der Waals surface area contributed by atoms with E-state index in [1.54, 1.807) is 11.9 Å². The first kappa shape index (κ1) is 15.1. The zero-order chi connectivity index (χ0) is 14.9. The molecule has 1 amide bonds. The van der Waals surface area contributed by atoms with Crippen molar-refractivity contribution in [2.45, 2.75) is 20.8 Å². The molecule has 2 aromatic rings. The first-order valence-corrected chi connectivity index (χ1v) is 7.77. The Morgan fingerprint density at radius 1 is 1.20 bits per heavy atom. The number of anilines is 1. The summed E-state index contributed by atoms with van der Waals surface area (Å²) in [5.74, 6) is 0.0241. The molecule has 0 radical (unpaired) electrons. The Labute approximate surface area is 131 Å². The van der Waals surface area contributed by atoms with Crippen molar-refractivity contribution < 1.29 is 4.79 Å². The maximum Gasteiger partial charge on any atom is 0.233 e. The van der Waals surface area contributed by atoms with Gasteiger partial charge in [0.15, 0.2) is 0 Å². The lowest BCUT2D eigenvalue weighted by Crippen LogP contribution is -2.36. The van der Waals surface area contributed by atoms with E-state index in [0.29, 0.717) is 5.13 Å². The number of carbonyl (C=O) groups excluding carboxylic acids is 1. The standard InChI is InChI=1S/C14H16BrN3OS/c1-14(2,3)12(19)18(4)13-17-16-11(20-13)9-5-7-10(15)8-6-9/h5-8H,1-4H3. The van der Waals surface area contributed by atoms with Crippen LogP contribution >= 0.6 is 27.3 Å². The van der Waals surface area contributed by atoms with E-state index >= 15 is 0 Å². The molecule has 0 saturated heterocycles. The normalized spacial score (nSPS) is 11.4. The topological polar surface area (TPSA) is 46.1 Å². The molecule has 0 N–H and O–H groups in total. The molecule has 0 unspecified atom stereocenters. The van der Waals surface area contributed by atoms with Gasteiger partial charge in [0.25, 0.3) is 0 Å². The summed E-state index contributed by atoms with van der Waals surface area (Å²) in [6.07, 6.45) is 0. The Morgan fingerprint density at radius 2 is 1.80 bits per heavy atom. The second-order valence-corrected chi connectivity index (χ2v) is 7.38. The fourth-order valence-electron chi connectivity index (χ4n) is 1.65. The summed E-state index contributed by atoms with van der Waals surface area (Å²) in [6, 6.07) is 7.86. The third-order valence-electron chi connectivity index (χ3n) is 2.74. The molecule has 20 heavy (non-hydrogen) atoms. The van der Waals surface area contributed by atoms with Gasteiger partial charge in [-0.1, -0.05) is 60.2 Å². The highest BCUT2D eigenvalue weighted by atomic mass is 79.9. The highest BCUT2D eigenvalue weighted by Gasteiger charge is 2.27. The van der Waals surface area contributed by atoms with Crippen molar-refractivity contribution in [2.75, 3.05) is 11.9 Å². The van der Waals surface area contributed by atoms with Gasteiger partial charge in [-0.3, -0.25) is 9.69 Å². The summed E-state index contributed by atoms with van der Waals surface area (Å²) in [4.78, 5) is 13.8. The van der Waals surface area contributed by atoms with Gasteiger partial charge < -0.3 is 0 Å². The van der Waals surface area contributed by atoms with Crippen LogP contribution in [0.5, 0.6) is 0 Å². The van der Waals surface area contributed by atoms with Crippen LogP contribution in [0.25, 0.3) is 10.6 Å². The highest BCUT2D eigenvalue weighted by molar-refractivity contribution is 9.10. The van der Waals surface area contributed by atoms with E-state index in [0.717, 1.165) is 15.0 Å². The van der Waals surface area contributed by atoms with Crippen molar-refractivity contribution in [1.82, 2.24) is 10.2 Å². The molecule has 1 heterocycles. The van der Waals surface area contributed by atoms with Crippen LogP contribution in [0.15, 0.2) is 28.7 Å². The Balaban J connectivity index is 2.25. The van der Waals surface area contributed by atoms with Gasteiger partial charge >= 0.3 is 0 Å². The molecule has 0 spiro atoms. The third-order valence-corrected chi connectivity index (χ3v) is 4.32. The minimum absolute atomic E-state index is 0.0241. The first-order valence-electron chi connectivity index (χ1n) is 6.16. The molecule has 0 bridgehead atoms. The van der Waals surface area contributed by atoms with Gasteiger partial charge in [-0.05, 0) is 12.1 Å². The highest BCUT2D eigenvalue weighted by Crippen LogP contribution is 2.30. The quantitative estimate of drug-likeness (QED) is 0.820. The molecule has 0 saturated carbocycles. The van der Waals surface area contributed by atoms with Crippen LogP contribution in [-0.2, 0) is 4.79 Å². The average Bonchev–Trinajstić information content (AvgIpc) is 2.86. The van der Waals surface area contributed by atoms with Crippen molar-refractivity contribution in [3.8, 4) is 10.6 Å². The molecule has 0 aliphatic heterocycles. The summed E-state index contributed by atoms with van der Waals surface area (Å²) >= 11 is 4.81. The summed E-state index contributed by atoms with van der Waals surface area (Å²) in [7, 11) is 1.74. The number of halogens is 1. The maximum atomic E-state index is 12.2. The molecule has 1 aromatic heterocycles. The van der Waals surface area contributed by atoms with E-state index < -0.39 is 5.41 Å². The van der Waals surface area contributed by atoms with E-state index in [1.165, 1.54) is 11.3 Å². The smallest absolute Gasteiger partial charge is 0.233 e. The van der Waals surface area contributed by atoms with Gasteiger partial charge in [-0.2, -0.15) is 0 Å². The Hall–Kier alpha value is -1.27. The molecule has 0 aliphatic rings. The van der Waals surface area contributed by atoms with E-state index in [1.807, 2.05) is 45.0 Å². The lowest BCUT2D eigenvalue weighted by molar-refractivity contribution is -0.125. The van der Waals surface area contributed by atoms with Gasteiger partial charge in [0.05, 0.1) is 0 Å². The van der Waals surface area contributed by atoms with Crippen LogP contribution in [0.3, 0.4) is 0 Å². The summed E-state index contributed by atoms with van der Waals surface area (Å²) in [5, 5.41) is 9.69. The summed E-state index contributed by atoms with van der Waals surface area (Å²) in [5.41, 5.74) is 0.562. The number of nitrogens with zero attached hydrogens (tertiary/aromatic N) is 3. The maximum absolute atomic E-state index is 12.2. The second kappa shape index (κ2) is 5.61. The zero-order valence-corrected chi connectivity index (χ0v) is 14.2. The molecule has 106 valence electrons. The van der Waals surface area contributed by atoms with Gasteiger partial charge in [-0.25, -0.2) is 0 Å². The zero-order valence-electron chi connectivity index (χ0n) is 11.8. The van der Waals surface area contributed by atoms with Gasteiger partial charge in [-0.15, -0.1) is 10.2 Å². The largest absolute Gasteiger partial charge is 0.289 e. The van der Waals surface area contributed by atoms with Crippen LogP contribution < -0.4 is 4.90 Å². The number of hydrogen-bond donors (Lipinski definition) is 0. The van der Waals surface area contributed by atoms with Crippen LogP contribution in [0.4, 0.5) is 5.13 Å². The van der Waals surface area contributed by atoms with Crippen LogP contribution in [0.1, 0.15) is 20.8 Å². The molecule has 0 aliphatic carbocycles. The number of aromatic nitrogens is 2. The number of benzene rings is 1. The molecule has 4 nitrogen and oxygen atoms in total. The van der Waals surface area contributed by atoms with Crippen molar-refractivity contribution >= 4 is 38.3 Å². The lowest BCUT2D eigenvalue weighted by Gasteiger charge is -2.23. The van der Waals surface area contributed by atoms with Crippen LogP contribution in [0.2, 0.25) is 0 Å². The van der Waals surface area contributed by atoms with Gasteiger partial charge in [0, 0.05) is 22.5 Å². The fourth-order valence-corrected chi connectivity index (χ4v) is 2.72. The SMILES string of the molecule is CN(C(=O)C(C)(C)C)c1nnc(-c2ccc(Br)cc2)s1. The second-order valence-electron chi connectivity index (χ2n) is 5.51. The minimum Gasteiger partial charge on any atom is -0.289 e. The van der Waals surface area contributed by atoms with Gasteiger partial charge in [0.1, 0.15) is 5.01 Å². The van der Waals surface area contributed by atoms with Crippen molar-refractivity contribution in [3.63, 3.8) is 0 Å². The van der Waals surface area contributed by atoms with E-state index in [2.05, 4.69) is 26.1 Å². The van der Waals surface area contributed by atoms with Crippen molar-refractivity contribution in [3.05, 3.63) is 28.7 Å². The fraction of sp³-hybridized carbons (Fsp3) is 0.357. The lowest BCUT2D eigenvalue weighted by atomic mass is 9.95. The molecule has 0 fully saturated rings. The molecule has 2 rings (SSSR count). The molecular weight excluding hydrogens is 338 g/mol. The van der Waals surface area contributed by atoms with Crippen LogP contribution in [-0.4, -0.2) is 23.2 Å². The minimum atomic E-state index is -0.432. The third kappa shape index (κ3) is 3.24. The Bertz CT molecular complexity index is 616. The number of hydrogen-bond acceptors (Lipinski definition) is 4. The number of amides is 1. The Kier molecular flexibility index (Phi) is 4.25. The molecule has 1 aromatic carbocycles. The van der Waals surface area contributed by atoms with Crippen molar-refractivity contribution in [1.29, 1.82) is 0 Å². The first-order chi connectivity index (χ1) is 9.29. The van der Waals surface area contributed by atoms with Crippen molar-refractivity contribution in [2.24, 2.45) is 5.41 Å².